The van der Waals surface area contributed by atoms with Crippen molar-refractivity contribution >= 4 is 5.97 Å². The van der Waals surface area contributed by atoms with Gasteiger partial charge in [0.15, 0.2) is 0 Å². The van der Waals surface area contributed by atoms with Crippen LogP contribution in [0.25, 0.3) is 0 Å². The zero-order valence-corrected chi connectivity index (χ0v) is 9.16. The third-order valence-corrected chi connectivity index (χ3v) is 2.50. The topological polar surface area (TPSA) is 63.3 Å². The lowest BCUT2D eigenvalue weighted by atomic mass is 9.97. The summed E-state index contributed by atoms with van der Waals surface area (Å²) in [6, 6.07) is 5.24. The lowest BCUT2D eigenvalue weighted by molar-refractivity contribution is -0.138. The number of carboxylic acids is 1. The van der Waals surface area contributed by atoms with Gasteiger partial charge in [0.2, 0.25) is 0 Å². The molecule has 0 aliphatic rings. The molecule has 0 saturated carbocycles. The summed E-state index contributed by atoms with van der Waals surface area (Å²) >= 11 is 0. The van der Waals surface area contributed by atoms with Crippen molar-refractivity contribution in [2.75, 3.05) is 0 Å². The summed E-state index contributed by atoms with van der Waals surface area (Å²) in [5, 5.41) is 8.74. The Morgan fingerprint density at radius 2 is 2.13 bits per heavy atom. The number of nitrogens with two attached hydrogens (primary N) is 1. The van der Waals surface area contributed by atoms with E-state index in [0.29, 0.717) is 6.42 Å². The van der Waals surface area contributed by atoms with Crippen molar-refractivity contribution < 1.29 is 9.90 Å². The van der Waals surface area contributed by atoms with E-state index in [-0.39, 0.29) is 0 Å². The molecule has 1 atom stereocenters. The Morgan fingerprint density at radius 3 is 2.67 bits per heavy atom. The summed E-state index contributed by atoms with van der Waals surface area (Å²) in [6.45, 7) is 4.09. The van der Waals surface area contributed by atoms with E-state index in [1.165, 1.54) is 11.1 Å². The predicted molar refractivity (Wildman–Crippen MR) is 59.9 cm³/mol. The first-order valence-electron chi connectivity index (χ1n) is 5.11. The van der Waals surface area contributed by atoms with Crippen molar-refractivity contribution in [2.24, 2.45) is 5.73 Å². The molecule has 0 amide bonds. The van der Waals surface area contributed by atoms with Gasteiger partial charge in [-0.2, -0.15) is 0 Å². The molecule has 15 heavy (non-hydrogen) atoms. The van der Waals surface area contributed by atoms with Gasteiger partial charge in [0.1, 0.15) is 6.04 Å². The van der Waals surface area contributed by atoms with Crippen LogP contribution >= 0.6 is 0 Å². The Morgan fingerprint density at radius 1 is 1.47 bits per heavy atom. The Hall–Kier alpha value is -1.35. The van der Waals surface area contributed by atoms with E-state index in [2.05, 4.69) is 13.0 Å². The maximum Gasteiger partial charge on any atom is 0.320 e. The summed E-state index contributed by atoms with van der Waals surface area (Å²) in [4.78, 5) is 10.6. The van der Waals surface area contributed by atoms with Crippen molar-refractivity contribution in [2.45, 2.75) is 32.7 Å². The predicted octanol–water partition coefficient (Wildman–Crippen LogP) is 1.51. The molecule has 0 radical (unpaired) electrons. The molecule has 0 spiro atoms. The van der Waals surface area contributed by atoms with Crippen molar-refractivity contribution in [3.8, 4) is 0 Å². The van der Waals surface area contributed by atoms with E-state index < -0.39 is 12.0 Å². The average Bonchev–Trinajstić information content (AvgIpc) is 2.20. The van der Waals surface area contributed by atoms with Gasteiger partial charge >= 0.3 is 5.97 Å². The minimum Gasteiger partial charge on any atom is -0.480 e. The fourth-order valence-electron chi connectivity index (χ4n) is 1.61. The maximum atomic E-state index is 10.6. The van der Waals surface area contributed by atoms with Crippen molar-refractivity contribution in [3.63, 3.8) is 0 Å². The Bertz CT molecular complexity index is 361. The standard InChI is InChI=1S/C12H17NO2/c1-3-9-6-8(2)4-5-10(9)7-11(13)12(14)15/h4-6,11H,3,7,13H2,1-2H3,(H,14,15). The van der Waals surface area contributed by atoms with Crippen molar-refractivity contribution in [1.82, 2.24) is 0 Å². The number of aryl methyl sites for hydroxylation is 2. The Labute approximate surface area is 89.9 Å². The highest BCUT2D eigenvalue weighted by atomic mass is 16.4. The molecular formula is C12H17NO2. The van der Waals surface area contributed by atoms with Gasteiger partial charge in [-0.1, -0.05) is 30.7 Å². The van der Waals surface area contributed by atoms with E-state index in [9.17, 15) is 4.79 Å². The molecule has 0 bridgehead atoms. The second-order valence-electron chi connectivity index (χ2n) is 3.77. The summed E-state index contributed by atoms with van der Waals surface area (Å²) in [5.74, 6) is -0.947. The van der Waals surface area contributed by atoms with Gasteiger partial charge in [-0.25, -0.2) is 0 Å². The highest BCUT2D eigenvalue weighted by Crippen LogP contribution is 2.14. The van der Waals surface area contributed by atoms with Crippen LogP contribution in [-0.4, -0.2) is 17.1 Å². The molecular weight excluding hydrogens is 190 g/mol. The van der Waals surface area contributed by atoms with E-state index in [0.717, 1.165) is 12.0 Å². The Balaban J connectivity index is 2.89. The van der Waals surface area contributed by atoms with Gasteiger partial charge in [0, 0.05) is 0 Å². The van der Waals surface area contributed by atoms with E-state index in [1.807, 2.05) is 19.1 Å². The molecule has 0 fully saturated rings. The molecule has 0 saturated heterocycles. The van der Waals surface area contributed by atoms with E-state index >= 15 is 0 Å². The Kier molecular flexibility index (Phi) is 3.86. The molecule has 1 rings (SSSR count). The van der Waals surface area contributed by atoms with Crippen molar-refractivity contribution in [3.05, 3.63) is 34.9 Å². The summed E-state index contributed by atoms with van der Waals surface area (Å²) < 4.78 is 0. The molecule has 0 aliphatic carbocycles. The van der Waals surface area contributed by atoms with Crippen molar-refractivity contribution in [1.29, 1.82) is 0 Å². The normalized spacial score (nSPS) is 12.5. The molecule has 3 nitrogen and oxygen atoms in total. The van der Waals surface area contributed by atoms with Gasteiger partial charge < -0.3 is 10.8 Å². The molecule has 0 aliphatic heterocycles. The van der Waals surface area contributed by atoms with Gasteiger partial charge in [-0.3, -0.25) is 4.79 Å². The zero-order valence-electron chi connectivity index (χ0n) is 9.16. The van der Waals surface area contributed by atoms with Gasteiger partial charge in [0.25, 0.3) is 0 Å². The highest BCUT2D eigenvalue weighted by molar-refractivity contribution is 5.73. The second kappa shape index (κ2) is 4.94. The largest absolute Gasteiger partial charge is 0.480 e. The van der Waals surface area contributed by atoms with Gasteiger partial charge in [-0.05, 0) is 30.9 Å². The van der Waals surface area contributed by atoms with Crippen LogP contribution in [0, 0.1) is 6.92 Å². The van der Waals surface area contributed by atoms with E-state index in [4.69, 9.17) is 10.8 Å². The van der Waals surface area contributed by atoms with E-state index in [1.54, 1.807) is 0 Å². The maximum absolute atomic E-state index is 10.6. The zero-order chi connectivity index (χ0) is 11.4. The monoisotopic (exact) mass is 207 g/mol. The van der Waals surface area contributed by atoms with Crippen LogP contribution in [0.5, 0.6) is 0 Å². The molecule has 0 heterocycles. The fourth-order valence-corrected chi connectivity index (χ4v) is 1.61. The molecule has 3 N–H and O–H groups in total. The van der Waals surface area contributed by atoms with Crippen LogP contribution in [-0.2, 0) is 17.6 Å². The number of hydrogen-bond acceptors (Lipinski definition) is 2. The molecule has 82 valence electrons. The minimum absolute atomic E-state index is 0.402. The first-order valence-corrected chi connectivity index (χ1v) is 5.11. The number of rotatable bonds is 4. The molecule has 3 heteroatoms. The quantitative estimate of drug-likeness (QED) is 0.786. The molecule has 1 aromatic carbocycles. The third kappa shape index (κ3) is 3.06. The average molecular weight is 207 g/mol. The van der Waals surface area contributed by atoms with Crippen LogP contribution in [0.3, 0.4) is 0 Å². The summed E-state index contributed by atoms with van der Waals surface area (Å²) in [6.07, 6.45) is 1.31. The fraction of sp³-hybridized carbons (Fsp3) is 0.417. The van der Waals surface area contributed by atoms with Crippen LogP contribution in [0.15, 0.2) is 18.2 Å². The highest BCUT2D eigenvalue weighted by Gasteiger charge is 2.13. The third-order valence-electron chi connectivity index (χ3n) is 2.50. The smallest absolute Gasteiger partial charge is 0.320 e. The van der Waals surface area contributed by atoms with Gasteiger partial charge in [0.05, 0.1) is 0 Å². The summed E-state index contributed by atoms with van der Waals surface area (Å²) in [5.41, 5.74) is 8.93. The molecule has 1 unspecified atom stereocenters. The molecule has 0 aromatic heterocycles. The SMILES string of the molecule is CCc1cc(C)ccc1CC(N)C(=O)O. The number of carboxylic acid groups (broad SMARTS) is 1. The number of hydrogen-bond donors (Lipinski definition) is 2. The lowest BCUT2D eigenvalue weighted by Gasteiger charge is -2.11. The number of carbonyl (C=O) groups is 1. The number of aliphatic carboxylic acids is 1. The van der Waals surface area contributed by atoms with Crippen LogP contribution in [0.2, 0.25) is 0 Å². The van der Waals surface area contributed by atoms with Gasteiger partial charge in [-0.15, -0.1) is 0 Å². The second-order valence-corrected chi connectivity index (χ2v) is 3.77. The van der Waals surface area contributed by atoms with Crippen LogP contribution in [0.4, 0.5) is 0 Å². The summed E-state index contributed by atoms with van der Waals surface area (Å²) in [7, 11) is 0. The van der Waals surface area contributed by atoms with Crippen LogP contribution in [0.1, 0.15) is 23.6 Å². The first-order chi connectivity index (χ1) is 7.04. The van der Waals surface area contributed by atoms with Crippen LogP contribution < -0.4 is 5.73 Å². The first kappa shape index (κ1) is 11.7. The number of benzene rings is 1. The lowest BCUT2D eigenvalue weighted by Crippen LogP contribution is -2.32. The minimum atomic E-state index is -0.947. The molecule has 1 aromatic rings.